The monoisotopic (exact) mass is 422 g/mol. The van der Waals surface area contributed by atoms with Gasteiger partial charge < -0.3 is 14.6 Å². The first-order valence-corrected chi connectivity index (χ1v) is 9.70. The van der Waals surface area contributed by atoms with Gasteiger partial charge in [-0.15, -0.1) is 0 Å². The zero-order valence-corrected chi connectivity index (χ0v) is 16.6. The highest BCUT2D eigenvalue weighted by Gasteiger charge is 2.19. The Bertz CT molecular complexity index is 1350. The Morgan fingerprint density at radius 3 is 2.59 bits per heavy atom. The Hall–Kier alpha value is -3.45. The van der Waals surface area contributed by atoms with Gasteiger partial charge in [0.05, 0.1) is 13.4 Å². The van der Waals surface area contributed by atoms with Gasteiger partial charge in [0.15, 0.2) is 11.2 Å². The number of anilines is 1. The normalized spacial score (nSPS) is 11.6. The van der Waals surface area contributed by atoms with Gasteiger partial charge in [-0.1, -0.05) is 0 Å². The zero-order chi connectivity index (χ0) is 21.5. The van der Waals surface area contributed by atoms with Crippen LogP contribution >= 0.6 is 0 Å². The summed E-state index contributed by atoms with van der Waals surface area (Å²) in [5.74, 6) is -0.700. The van der Waals surface area contributed by atoms with Crippen LogP contribution in [0.4, 0.5) is 5.69 Å². The first-order valence-electron chi connectivity index (χ1n) is 8.16. The van der Waals surface area contributed by atoms with Crippen molar-refractivity contribution < 1.29 is 17.9 Å². The van der Waals surface area contributed by atoms with Gasteiger partial charge in [-0.3, -0.25) is 14.2 Å². The number of benzene rings is 1. The minimum Gasteiger partial charge on any atom is -0.495 e. The second-order valence-corrected chi connectivity index (χ2v) is 7.75. The summed E-state index contributed by atoms with van der Waals surface area (Å²) in [5, 5.41) is 7.59. The third-order valence-corrected chi connectivity index (χ3v) is 5.19. The maximum atomic E-state index is 12.6. The molecule has 13 heteroatoms. The van der Waals surface area contributed by atoms with Crippen molar-refractivity contribution in [3.05, 3.63) is 45.4 Å². The van der Waals surface area contributed by atoms with E-state index in [9.17, 15) is 22.8 Å². The van der Waals surface area contributed by atoms with E-state index in [1.165, 1.54) is 37.2 Å². The lowest BCUT2D eigenvalue weighted by molar-refractivity contribution is -0.116. The molecule has 2 aromatic heterocycles. The SMILES string of the molecule is COc1ccc(NC(=O)Cn2c(=O)c3c(ncn3C)n(C)c2=O)cc1S(N)(=O)=O. The number of hydrogen-bond donors (Lipinski definition) is 2. The van der Waals surface area contributed by atoms with Crippen LogP contribution < -0.4 is 26.4 Å². The topological polar surface area (TPSA) is 160 Å². The van der Waals surface area contributed by atoms with Crippen LogP contribution in [0, 0.1) is 0 Å². The second kappa shape index (κ2) is 7.18. The third-order valence-electron chi connectivity index (χ3n) is 4.26. The minimum absolute atomic E-state index is 0.0113. The Morgan fingerprint density at radius 1 is 1.28 bits per heavy atom. The second-order valence-electron chi connectivity index (χ2n) is 6.22. The lowest BCUT2D eigenvalue weighted by Crippen LogP contribution is -2.42. The van der Waals surface area contributed by atoms with Crippen molar-refractivity contribution in [2.45, 2.75) is 11.4 Å². The molecule has 0 aliphatic rings. The van der Waals surface area contributed by atoms with Crippen LogP contribution in [0.15, 0.2) is 39.0 Å². The summed E-state index contributed by atoms with van der Waals surface area (Å²) in [6, 6.07) is 3.84. The fourth-order valence-electron chi connectivity index (χ4n) is 2.86. The Balaban J connectivity index is 1.96. The van der Waals surface area contributed by atoms with Crippen LogP contribution in [0.5, 0.6) is 5.75 Å². The van der Waals surface area contributed by atoms with E-state index in [0.717, 1.165) is 15.2 Å². The number of sulfonamides is 1. The van der Waals surface area contributed by atoms with Crippen molar-refractivity contribution in [1.29, 1.82) is 0 Å². The lowest BCUT2D eigenvalue weighted by atomic mass is 10.3. The number of carbonyl (C=O) groups is 1. The fourth-order valence-corrected chi connectivity index (χ4v) is 3.58. The average molecular weight is 422 g/mol. The van der Waals surface area contributed by atoms with Crippen LogP contribution in [-0.2, 0) is 35.5 Å². The number of aryl methyl sites for hydroxylation is 2. The number of aromatic nitrogens is 4. The highest BCUT2D eigenvalue weighted by atomic mass is 32.2. The van der Waals surface area contributed by atoms with Crippen LogP contribution in [0.1, 0.15) is 0 Å². The lowest BCUT2D eigenvalue weighted by Gasteiger charge is -2.11. The van der Waals surface area contributed by atoms with Crippen molar-refractivity contribution in [1.82, 2.24) is 18.7 Å². The number of hydrogen-bond acceptors (Lipinski definition) is 7. The number of rotatable bonds is 5. The summed E-state index contributed by atoms with van der Waals surface area (Å²) in [6.45, 7) is -0.580. The maximum absolute atomic E-state index is 12.6. The number of ether oxygens (including phenoxy) is 1. The molecule has 0 spiro atoms. The molecule has 154 valence electrons. The molecule has 0 bridgehead atoms. The molecular formula is C16H18N6O6S. The summed E-state index contributed by atoms with van der Waals surface area (Å²) in [6.07, 6.45) is 1.39. The summed E-state index contributed by atoms with van der Waals surface area (Å²) in [5.41, 5.74) is -0.909. The molecule has 2 heterocycles. The van der Waals surface area contributed by atoms with Crippen molar-refractivity contribution in [2.75, 3.05) is 12.4 Å². The van der Waals surface area contributed by atoms with Gasteiger partial charge in [-0.2, -0.15) is 0 Å². The molecule has 0 aliphatic heterocycles. The van der Waals surface area contributed by atoms with Gasteiger partial charge in [0.1, 0.15) is 17.2 Å². The number of methoxy groups -OCH3 is 1. The van der Waals surface area contributed by atoms with E-state index in [1.807, 2.05) is 0 Å². The molecule has 0 fully saturated rings. The Kier molecular flexibility index (Phi) is 5.02. The van der Waals surface area contributed by atoms with Crippen molar-refractivity contribution >= 4 is 32.8 Å². The Morgan fingerprint density at radius 2 is 1.97 bits per heavy atom. The van der Waals surface area contributed by atoms with Gasteiger partial charge in [-0.25, -0.2) is 27.9 Å². The number of nitrogens with one attached hydrogen (secondary N) is 1. The first kappa shape index (κ1) is 20.3. The van der Waals surface area contributed by atoms with Gasteiger partial charge in [0, 0.05) is 19.8 Å². The van der Waals surface area contributed by atoms with Gasteiger partial charge in [0.25, 0.3) is 5.56 Å². The summed E-state index contributed by atoms with van der Waals surface area (Å²) < 4.78 is 31.7. The number of amides is 1. The maximum Gasteiger partial charge on any atom is 0.332 e. The molecule has 0 saturated carbocycles. The largest absolute Gasteiger partial charge is 0.495 e. The van der Waals surface area contributed by atoms with Crippen molar-refractivity contribution in [3.8, 4) is 5.75 Å². The summed E-state index contributed by atoms with van der Waals surface area (Å²) in [4.78, 5) is 41.2. The standard InChI is InChI=1S/C16H18N6O6S/c1-20-8-18-14-13(20)15(24)22(16(25)21(14)2)7-12(23)19-9-4-5-10(28-3)11(6-9)29(17,26)27/h4-6,8H,7H2,1-3H3,(H,19,23)(H2,17,26,27). The zero-order valence-electron chi connectivity index (χ0n) is 15.7. The number of carbonyl (C=O) groups excluding carboxylic acids is 1. The van der Waals surface area contributed by atoms with E-state index in [4.69, 9.17) is 9.88 Å². The van der Waals surface area contributed by atoms with Gasteiger partial charge >= 0.3 is 5.69 Å². The number of nitrogens with zero attached hydrogens (tertiary/aromatic N) is 4. The molecule has 3 N–H and O–H groups in total. The van der Waals surface area contributed by atoms with Crippen LogP contribution in [0.25, 0.3) is 11.2 Å². The highest BCUT2D eigenvalue weighted by Crippen LogP contribution is 2.26. The molecule has 1 aromatic carbocycles. The molecule has 12 nitrogen and oxygen atoms in total. The molecular weight excluding hydrogens is 404 g/mol. The van der Waals surface area contributed by atoms with E-state index >= 15 is 0 Å². The summed E-state index contributed by atoms with van der Waals surface area (Å²) in [7, 11) is 0.211. The van der Waals surface area contributed by atoms with Gasteiger partial charge in [0.2, 0.25) is 15.9 Å². The smallest absolute Gasteiger partial charge is 0.332 e. The minimum atomic E-state index is -4.10. The Labute approximate surface area is 164 Å². The fraction of sp³-hybridized carbons (Fsp3) is 0.250. The van der Waals surface area contributed by atoms with Crippen LogP contribution in [0.2, 0.25) is 0 Å². The molecule has 3 aromatic rings. The quantitative estimate of drug-likeness (QED) is 0.518. The van der Waals surface area contributed by atoms with Crippen molar-refractivity contribution in [3.63, 3.8) is 0 Å². The molecule has 0 atom stereocenters. The number of primary sulfonamides is 1. The van der Waals surface area contributed by atoms with Crippen LogP contribution in [0.3, 0.4) is 0 Å². The molecule has 3 rings (SSSR count). The number of nitrogens with two attached hydrogens (primary N) is 1. The van der Waals surface area contributed by atoms with E-state index in [2.05, 4.69) is 10.3 Å². The summed E-state index contributed by atoms with van der Waals surface area (Å²) >= 11 is 0. The predicted octanol–water partition coefficient (Wildman–Crippen LogP) is -1.27. The van der Waals surface area contributed by atoms with E-state index in [-0.39, 0.29) is 27.5 Å². The van der Waals surface area contributed by atoms with E-state index < -0.39 is 33.7 Å². The molecule has 0 saturated heterocycles. The first-order chi connectivity index (χ1) is 13.5. The van der Waals surface area contributed by atoms with E-state index in [1.54, 1.807) is 7.05 Å². The average Bonchev–Trinajstić information content (AvgIpc) is 3.04. The molecule has 29 heavy (non-hydrogen) atoms. The highest BCUT2D eigenvalue weighted by molar-refractivity contribution is 7.89. The van der Waals surface area contributed by atoms with Crippen LogP contribution in [-0.4, -0.2) is 40.1 Å². The molecule has 0 radical (unpaired) electrons. The number of imidazole rings is 1. The molecule has 0 unspecified atom stereocenters. The molecule has 0 aliphatic carbocycles. The van der Waals surface area contributed by atoms with Gasteiger partial charge in [-0.05, 0) is 18.2 Å². The predicted molar refractivity (Wildman–Crippen MR) is 103 cm³/mol. The molecule has 1 amide bonds. The van der Waals surface area contributed by atoms with E-state index in [0.29, 0.717) is 0 Å². The third kappa shape index (κ3) is 3.64. The van der Waals surface area contributed by atoms with Crippen molar-refractivity contribution in [2.24, 2.45) is 19.2 Å². The number of fused-ring (bicyclic) bond motifs is 1.